The zero-order valence-corrected chi connectivity index (χ0v) is 28.2. The highest BCUT2D eigenvalue weighted by molar-refractivity contribution is 5.95. The second-order valence-electron chi connectivity index (χ2n) is 13.3. The van der Waals surface area contributed by atoms with Gasteiger partial charge in [0.2, 0.25) is 17.7 Å². The van der Waals surface area contributed by atoms with E-state index in [2.05, 4.69) is 35.9 Å². The molecule has 0 aliphatic carbocycles. The van der Waals surface area contributed by atoms with Crippen LogP contribution in [0.15, 0.2) is 42.7 Å². The number of oxazole rings is 4. The van der Waals surface area contributed by atoms with E-state index >= 15 is 0 Å². The second-order valence-corrected chi connectivity index (χ2v) is 13.3. The molecular formula is C33H41N7O8. The molecule has 1 aliphatic heterocycles. The third kappa shape index (κ3) is 7.24. The number of ketones is 1. The summed E-state index contributed by atoms with van der Waals surface area (Å²) in [5.41, 5.74) is 0.0564. The maximum Gasteiger partial charge on any atom is 0.273 e. The van der Waals surface area contributed by atoms with E-state index in [1.165, 1.54) is 25.1 Å². The summed E-state index contributed by atoms with van der Waals surface area (Å²) in [6.45, 7) is 15.0. The molecule has 8 bridgehead atoms. The molecule has 3 amide bonds. The molecule has 0 saturated heterocycles. The summed E-state index contributed by atoms with van der Waals surface area (Å²) >= 11 is 0. The minimum atomic E-state index is -0.720. The maximum absolute atomic E-state index is 13.4. The number of carbonyl (C=O) groups is 4. The summed E-state index contributed by atoms with van der Waals surface area (Å²) in [7, 11) is 0. The maximum atomic E-state index is 13.4. The number of amides is 3. The van der Waals surface area contributed by atoms with Crippen molar-refractivity contribution in [3.63, 3.8) is 0 Å². The molecule has 48 heavy (non-hydrogen) atoms. The molecule has 5 rings (SSSR count). The summed E-state index contributed by atoms with van der Waals surface area (Å²) in [6, 6.07) is -2.13. The molecular weight excluding hydrogens is 622 g/mol. The number of Topliss-reactive ketones (excluding diaryl/α,β-unsaturated/α-hetero) is 1. The number of fused-ring (bicyclic) bond motifs is 8. The van der Waals surface area contributed by atoms with Crippen molar-refractivity contribution in [1.29, 1.82) is 0 Å². The molecule has 5 heterocycles. The molecule has 0 fully saturated rings. The molecule has 4 atom stereocenters. The first-order chi connectivity index (χ1) is 22.7. The normalized spacial score (nSPS) is 21.4. The quantitative estimate of drug-likeness (QED) is 0.253. The summed E-state index contributed by atoms with van der Waals surface area (Å²) in [5, 5.41) is 8.59. The summed E-state index contributed by atoms with van der Waals surface area (Å²) in [4.78, 5) is 71.0. The highest BCUT2D eigenvalue weighted by Gasteiger charge is 2.33. The molecule has 0 saturated carbocycles. The lowest BCUT2D eigenvalue weighted by atomic mass is 9.90. The average Bonchev–Trinajstić information content (AvgIpc) is 3.85. The van der Waals surface area contributed by atoms with Gasteiger partial charge in [0, 0.05) is 12.3 Å². The van der Waals surface area contributed by atoms with Gasteiger partial charge in [0.25, 0.3) is 17.7 Å². The Labute approximate surface area is 277 Å². The number of carbonyl (C=O) groups excluding carboxylic acids is 4. The molecule has 256 valence electrons. The molecule has 0 radical (unpaired) electrons. The van der Waals surface area contributed by atoms with E-state index in [9.17, 15) is 19.2 Å². The minimum Gasteiger partial charge on any atom is -0.448 e. The van der Waals surface area contributed by atoms with E-state index in [4.69, 9.17) is 17.7 Å². The Hall–Kier alpha value is -5.08. The smallest absolute Gasteiger partial charge is 0.273 e. The van der Waals surface area contributed by atoms with Crippen LogP contribution < -0.4 is 16.0 Å². The summed E-state index contributed by atoms with van der Waals surface area (Å²) in [5.74, 6) is -2.49. The Morgan fingerprint density at radius 1 is 0.500 bits per heavy atom. The van der Waals surface area contributed by atoms with Crippen LogP contribution in [-0.4, -0.2) is 43.4 Å². The topological polar surface area (TPSA) is 208 Å². The van der Waals surface area contributed by atoms with Crippen LogP contribution >= 0.6 is 0 Å². The van der Waals surface area contributed by atoms with Crippen LogP contribution in [0.3, 0.4) is 0 Å². The number of hydrogen-bond acceptors (Lipinski definition) is 12. The largest absolute Gasteiger partial charge is 0.448 e. The van der Waals surface area contributed by atoms with Gasteiger partial charge >= 0.3 is 0 Å². The van der Waals surface area contributed by atoms with E-state index in [0.717, 1.165) is 0 Å². The third-order valence-corrected chi connectivity index (χ3v) is 8.26. The molecule has 0 spiro atoms. The van der Waals surface area contributed by atoms with Gasteiger partial charge in [-0.05, 0) is 23.7 Å². The number of nitrogens with zero attached hydrogens (tertiary/aromatic N) is 4. The summed E-state index contributed by atoms with van der Waals surface area (Å²) < 4.78 is 22.7. The van der Waals surface area contributed by atoms with E-state index in [0.29, 0.717) is 0 Å². The van der Waals surface area contributed by atoms with Crippen LogP contribution in [0.1, 0.15) is 151 Å². The highest BCUT2D eigenvalue weighted by atomic mass is 16.4. The lowest BCUT2D eigenvalue weighted by molar-refractivity contribution is 0.0904. The van der Waals surface area contributed by atoms with Crippen molar-refractivity contribution in [2.24, 2.45) is 23.7 Å². The Balaban J connectivity index is 1.53. The fourth-order valence-corrected chi connectivity index (χ4v) is 5.29. The Morgan fingerprint density at radius 3 is 1.17 bits per heavy atom. The molecule has 1 aliphatic rings. The lowest BCUT2D eigenvalue weighted by Gasteiger charge is -2.19. The van der Waals surface area contributed by atoms with Gasteiger partial charge in [-0.15, -0.1) is 0 Å². The number of hydrogen-bond donors (Lipinski definition) is 3. The van der Waals surface area contributed by atoms with Gasteiger partial charge in [0.1, 0.15) is 48.9 Å². The van der Waals surface area contributed by atoms with E-state index in [1.54, 1.807) is 0 Å². The first-order valence-electron chi connectivity index (χ1n) is 16.0. The molecule has 4 aromatic rings. The van der Waals surface area contributed by atoms with Crippen LogP contribution in [0.25, 0.3) is 0 Å². The Bertz CT molecular complexity index is 1520. The minimum absolute atomic E-state index is 0.0112. The standard InChI is InChI=1S/C33H41N7O8/c1-14(2)18-9-23(41)19-10-46-31(34-19)24(15(3)4)38-28(43)21-12-48-33(36-21)26(17(7)8)40-29(44)22-13-47-32(37-22)25(16(5)6)39-27(42)20-11-45-30(18)35-20/h10-18,24-26H,9H2,1-8H3,(H,38,43)(H,39,42)(H,40,44). The molecule has 4 unspecified atom stereocenters. The Kier molecular flexibility index (Phi) is 9.96. The predicted octanol–water partition coefficient (Wildman–Crippen LogP) is 5.35. The number of aromatic nitrogens is 4. The predicted molar refractivity (Wildman–Crippen MR) is 168 cm³/mol. The van der Waals surface area contributed by atoms with Gasteiger partial charge in [-0.2, -0.15) is 0 Å². The molecule has 0 aromatic carbocycles. The van der Waals surface area contributed by atoms with Gasteiger partial charge in [0.05, 0.1) is 0 Å². The second kappa shape index (κ2) is 14.0. The summed E-state index contributed by atoms with van der Waals surface area (Å²) in [6.07, 6.45) is 4.90. The van der Waals surface area contributed by atoms with E-state index < -0.39 is 41.8 Å². The zero-order chi connectivity index (χ0) is 34.9. The average molecular weight is 664 g/mol. The van der Waals surface area contributed by atoms with Crippen molar-refractivity contribution in [2.45, 2.75) is 85.9 Å². The van der Waals surface area contributed by atoms with Crippen LogP contribution in [0.4, 0.5) is 0 Å². The van der Waals surface area contributed by atoms with Crippen molar-refractivity contribution < 1.29 is 36.8 Å². The van der Waals surface area contributed by atoms with Crippen molar-refractivity contribution in [3.8, 4) is 0 Å². The lowest BCUT2D eigenvalue weighted by Crippen LogP contribution is -2.34. The van der Waals surface area contributed by atoms with Crippen molar-refractivity contribution in [3.05, 3.63) is 71.4 Å². The van der Waals surface area contributed by atoms with Gasteiger partial charge < -0.3 is 33.6 Å². The molecule has 15 heteroatoms. The SMILES string of the molecule is CC(C)C1CC(=O)c2coc(n2)C(C(C)C)NC(=O)c2coc(n2)C(C(C)C)NC(=O)c2coc(n2)C(C(C)C)NC(=O)c2coc1n2. The number of rotatable bonds is 4. The Morgan fingerprint density at radius 2 is 0.812 bits per heavy atom. The van der Waals surface area contributed by atoms with Gasteiger partial charge in [-0.25, -0.2) is 19.9 Å². The first-order valence-corrected chi connectivity index (χ1v) is 16.0. The molecule has 3 N–H and O–H groups in total. The molecule has 4 aromatic heterocycles. The molecule has 15 nitrogen and oxygen atoms in total. The third-order valence-electron chi connectivity index (χ3n) is 8.26. The van der Waals surface area contributed by atoms with Gasteiger partial charge in [-0.3, -0.25) is 19.2 Å². The van der Waals surface area contributed by atoms with Gasteiger partial charge in [-0.1, -0.05) is 55.4 Å². The van der Waals surface area contributed by atoms with Crippen LogP contribution in [0.5, 0.6) is 0 Å². The fourth-order valence-electron chi connectivity index (χ4n) is 5.29. The van der Waals surface area contributed by atoms with Crippen LogP contribution in [-0.2, 0) is 0 Å². The van der Waals surface area contributed by atoms with Crippen LogP contribution in [0, 0.1) is 23.7 Å². The van der Waals surface area contributed by atoms with Gasteiger partial charge in [0.15, 0.2) is 28.8 Å². The number of nitrogens with one attached hydrogen (secondary N) is 3. The first kappa shape index (κ1) is 34.3. The monoisotopic (exact) mass is 663 g/mol. The highest BCUT2D eigenvalue weighted by Crippen LogP contribution is 2.31. The van der Waals surface area contributed by atoms with E-state index in [-0.39, 0.29) is 82.2 Å². The van der Waals surface area contributed by atoms with Crippen molar-refractivity contribution in [1.82, 2.24) is 35.9 Å². The fraction of sp³-hybridized carbons (Fsp3) is 0.515. The van der Waals surface area contributed by atoms with Crippen molar-refractivity contribution >= 4 is 23.5 Å². The van der Waals surface area contributed by atoms with Crippen molar-refractivity contribution in [2.75, 3.05) is 0 Å². The zero-order valence-electron chi connectivity index (χ0n) is 28.2. The van der Waals surface area contributed by atoms with Crippen LogP contribution in [0.2, 0.25) is 0 Å². The van der Waals surface area contributed by atoms with E-state index in [1.807, 2.05) is 55.4 Å².